The maximum atomic E-state index is 5.38. The Morgan fingerprint density at radius 1 is 1.10 bits per heavy atom. The van der Waals surface area contributed by atoms with Gasteiger partial charge in [-0.15, -0.1) is 6.42 Å². The molecule has 0 bridgehead atoms. The van der Waals surface area contributed by atoms with Crippen LogP contribution in [0.5, 0.6) is 5.75 Å². The molecule has 0 heterocycles. The first-order valence-electron chi connectivity index (χ1n) is 6.45. The van der Waals surface area contributed by atoms with Crippen molar-refractivity contribution in [3.05, 3.63) is 53.6 Å². The monoisotopic (exact) mass is 264 g/mol. The third-order valence-electron chi connectivity index (χ3n) is 2.78. The smallest absolute Gasteiger partial charge is 0.119 e. The molecule has 0 radical (unpaired) electrons. The summed E-state index contributed by atoms with van der Waals surface area (Å²) in [6, 6.07) is 13.2. The van der Waals surface area contributed by atoms with Crippen LogP contribution < -0.4 is 4.74 Å². The highest BCUT2D eigenvalue weighted by Crippen LogP contribution is 2.24. The molecule has 0 N–H and O–H groups in total. The van der Waals surface area contributed by atoms with Crippen molar-refractivity contribution in [3.8, 4) is 18.1 Å². The lowest BCUT2D eigenvalue weighted by molar-refractivity contribution is 0.340. The molecule has 0 saturated carbocycles. The minimum absolute atomic E-state index is 0.654. The molecule has 2 aromatic rings. The molecule has 20 heavy (non-hydrogen) atoms. The Bertz CT molecular complexity index is 652. The lowest BCUT2D eigenvalue weighted by Gasteiger charge is -2.02. The number of aryl methyl sites for hydroxylation is 1. The molecular weight excluding hydrogens is 248 g/mol. The fraction of sp³-hybridized carbons (Fsp3) is 0.176. The fourth-order valence-corrected chi connectivity index (χ4v) is 1.74. The molecule has 0 fully saturated rings. The minimum atomic E-state index is 0.654. The summed E-state index contributed by atoms with van der Waals surface area (Å²) in [5.74, 6) is 3.44. The standard InChI is InChI=1S/C17H16N2O/c1-4-14-6-11-17(13(3)12-14)19-18-15-7-9-16(10-8-15)20-5-2/h1,6-12H,5H2,2-3H3. The molecule has 0 saturated heterocycles. The molecule has 0 amide bonds. The molecule has 0 aliphatic carbocycles. The predicted molar refractivity (Wildman–Crippen MR) is 80.9 cm³/mol. The van der Waals surface area contributed by atoms with E-state index >= 15 is 0 Å². The first kappa shape index (κ1) is 13.8. The van der Waals surface area contributed by atoms with E-state index in [1.54, 1.807) is 0 Å². The van der Waals surface area contributed by atoms with Crippen LogP contribution in [-0.2, 0) is 0 Å². The maximum Gasteiger partial charge on any atom is 0.119 e. The van der Waals surface area contributed by atoms with E-state index in [9.17, 15) is 0 Å². The first-order chi connectivity index (χ1) is 9.72. The van der Waals surface area contributed by atoms with Gasteiger partial charge in [0.25, 0.3) is 0 Å². The van der Waals surface area contributed by atoms with Gasteiger partial charge in [-0.3, -0.25) is 0 Å². The van der Waals surface area contributed by atoms with Crippen molar-refractivity contribution in [3.63, 3.8) is 0 Å². The highest BCUT2D eigenvalue weighted by Gasteiger charge is 1.98. The van der Waals surface area contributed by atoms with Gasteiger partial charge >= 0.3 is 0 Å². The maximum absolute atomic E-state index is 5.38. The van der Waals surface area contributed by atoms with Crippen LogP contribution in [0.4, 0.5) is 11.4 Å². The van der Waals surface area contributed by atoms with Gasteiger partial charge in [0.1, 0.15) is 5.75 Å². The molecule has 0 atom stereocenters. The normalized spacial score (nSPS) is 10.4. The van der Waals surface area contributed by atoms with E-state index in [0.29, 0.717) is 6.61 Å². The Labute approximate surface area is 119 Å². The number of nitrogens with zero attached hydrogens (tertiary/aromatic N) is 2. The van der Waals surface area contributed by atoms with Gasteiger partial charge in [0.2, 0.25) is 0 Å². The van der Waals surface area contributed by atoms with E-state index in [-0.39, 0.29) is 0 Å². The Balaban J connectivity index is 2.15. The lowest BCUT2D eigenvalue weighted by Crippen LogP contribution is -1.89. The van der Waals surface area contributed by atoms with Crippen molar-refractivity contribution in [2.75, 3.05) is 6.61 Å². The number of azo groups is 1. The van der Waals surface area contributed by atoms with Crippen molar-refractivity contribution in [1.82, 2.24) is 0 Å². The van der Waals surface area contributed by atoms with Crippen molar-refractivity contribution < 1.29 is 4.74 Å². The Hall–Kier alpha value is -2.60. The Kier molecular flexibility index (Phi) is 4.52. The first-order valence-corrected chi connectivity index (χ1v) is 6.45. The molecule has 100 valence electrons. The zero-order chi connectivity index (χ0) is 14.4. The van der Waals surface area contributed by atoms with Crippen molar-refractivity contribution in [2.45, 2.75) is 13.8 Å². The van der Waals surface area contributed by atoms with Gasteiger partial charge in [-0.05, 0) is 61.9 Å². The zero-order valence-electron chi connectivity index (χ0n) is 11.6. The van der Waals surface area contributed by atoms with E-state index < -0.39 is 0 Å². The average molecular weight is 264 g/mol. The number of benzene rings is 2. The summed E-state index contributed by atoms with van der Waals surface area (Å²) in [5, 5.41) is 8.45. The predicted octanol–water partition coefficient (Wildman–Crippen LogP) is 4.79. The lowest BCUT2D eigenvalue weighted by atomic mass is 10.1. The van der Waals surface area contributed by atoms with Crippen LogP contribution in [0.2, 0.25) is 0 Å². The van der Waals surface area contributed by atoms with Crippen molar-refractivity contribution >= 4 is 11.4 Å². The second-order valence-corrected chi connectivity index (χ2v) is 4.27. The van der Waals surface area contributed by atoms with Crippen molar-refractivity contribution in [2.24, 2.45) is 10.2 Å². The number of hydrogen-bond acceptors (Lipinski definition) is 3. The molecular formula is C17H16N2O. The molecule has 0 aromatic heterocycles. The van der Waals surface area contributed by atoms with Gasteiger partial charge in [0.05, 0.1) is 18.0 Å². The van der Waals surface area contributed by atoms with Gasteiger partial charge in [0.15, 0.2) is 0 Å². The van der Waals surface area contributed by atoms with Gasteiger partial charge in [0, 0.05) is 5.56 Å². The summed E-state index contributed by atoms with van der Waals surface area (Å²) in [4.78, 5) is 0. The van der Waals surface area contributed by atoms with Gasteiger partial charge < -0.3 is 4.74 Å². The minimum Gasteiger partial charge on any atom is -0.494 e. The number of terminal acetylenes is 1. The second-order valence-electron chi connectivity index (χ2n) is 4.27. The van der Waals surface area contributed by atoms with Crippen LogP contribution in [-0.4, -0.2) is 6.61 Å². The topological polar surface area (TPSA) is 34.0 Å². The SMILES string of the molecule is C#Cc1ccc(N=Nc2ccc(OCC)cc2)c(C)c1. The molecule has 0 unspecified atom stereocenters. The van der Waals surface area contributed by atoms with Crippen LogP contribution in [0.1, 0.15) is 18.1 Å². The van der Waals surface area contributed by atoms with Crippen LogP contribution >= 0.6 is 0 Å². The second kappa shape index (κ2) is 6.53. The van der Waals surface area contributed by atoms with Crippen LogP contribution in [0.15, 0.2) is 52.7 Å². The van der Waals surface area contributed by atoms with E-state index in [0.717, 1.165) is 28.3 Å². The molecule has 2 aromatic carbocycles. The summed E-state index contributed by atoms with van der Waals surface area (Å²) in [6.07, 6.45) is 5.36. The summed E-state index contributed by atoms with van der Waals surface area (Å²) in [5.41, 5.74) is 3.46. The molecule has 2 rings (SSSR count). The summed E-state index contributed by atoms with van der Waals surface area (Å²) in [6.45, 7) is 4.57. The van der Waals surface area contributed by atoms with Gasteiger partial charge in [-0.2, -0.15) is 10.2 Å². The van der Waals surface area contributed by atoms with Crippen molar-refractivity contribution in [1.29, 1.82) is 0 Å². The molecule has 0 aliphatic rings. The fourth-order valence-electron chi connectivity index (χ4n) is 1.74. The van der Waals surface area contributed by atoms with Crippen LogP contribution in [0, 0.1) is 19.3 Å². The summed E-state index contributed by atoms with van der Waals surface area (Å²) < 4.78 is 5.38. The number of rotatable bonds is 4. The highest BCUT2D eigenvalue weighted by atomic mass is 16.5. The summed E-state index contributed by atoms with van der Waals surface area (Å²) in [7, 11) is 0. The number of ether oxygens (including phenoxy) is 1. The van der Waals surface area contributed by atoms with Crippen LogP contribution in [0.25, 0.3) is 0 Å². The molecule has 3 heteroatoms. The zero-order valence-corrected chi connectivity index (χ0v) is 11.6. The quantitative estimate of drug-likeness (QED) is 0.577. The van der Waals surface area contributed by atoms with Gasteiger partial charge in [-0.1, -0.05) is 5.92 Å². The molecule has 0 spiro atoms. The van der Waals surface area contributed by atoms with Gasteiger partial charge in [-0.25, -0.2) is 0 Å². The largest absolute Gasteiger partial charge is 0.494 e. The highest BCUT2D eigenvalue weighted by molar-refractivity contribution is 5.51. The van der Waals surface area contributed by atoms with E-state index in [1.165, 1.54) is 0 Å². The van der Waals surface area contributed by atoms with E-state index in [2.05, 4.69) is 16.1 Å². The Morgan fingerprint density at radius 3 is 2.45 bits per heavy atom. The molecule has 0 aliphatic heterocycles. The average Bonchev–Trinajstić information content (AvgIpc) is 2.48. The van der Waals surface area contributed by atoms with Crippen LogP contribution in [0.3, 0.4) is 0 Å². The Morgan fingerprint density at radius 2 is 1.85 bits per heavy atom. The molecule has 3 nitrogen and oxygen atoms in total. The van der Waals surface area contributed by atoms with E-state index in [4.69, 9.17) is 11.2 Å². The third kappa shape index (κ3) is 3.46. The van der Waals surface area contributed by atoms with E-state index in [1.807, 2.05) is 56.3 Å². The third-order valence-corrected chi connectivity index (χ3v) is 2.78. The number of hydrogen-bond donors (Lipinski definition) is 0. The summed E-state index contributed by atoms with van der Waals surface area (Å²) >= 11 is 0.